The predicted octanol–water partition coefficient (Wildman–Crippen LogP) is 5.90. The number of rotatable bonds is 7. The van der Waals surface area contributed by atoms with Gasteiger partial charge in [-0.25, -0.2) is 4.98 Å². The highest BCUT2D eigenvalue weighted by Crippen LogP contribution is 2.40. The lowest BCUT2D eigenvalue weighted by Gasteiger charge is -2.21. The number of Topliss-reactive ketones (excluding diaryl/α,β-unsaturated/α-hetero) is 1. The molecule has 1 amide bonds. The third-order valence-electron chi connectivity index (χ3n) is 5.40. The molecule has 0 saturated carbocycles. The summed E-state index contributed by atoms with van der Waals surface area (Å²) >= 11 is 6.08. The van der Waals surface area contributed by atoms with Gasteiger partial charge < -0.3 is 9.88 Å². The number of hydrogen-bond donors (Lipinski definition) is 1. The molecule has 3 rings (SSSR count). The van der Waals surface area contributed by atoms with Crippen LogP contribution in [0.25, 0.3) is 11.0 Å². The molecule has 2 aromatic heterocycles. The van der Waals surface area contributed by atoms with Gasteiger partial charge in [-0.05, 0) is 30.7 Å². The summed E-state index contributed by atoms with van der Waals surface area (Å²) in [7, 11) is 0. The molecule has 0 bridgehead atoms. The molecule has 0 radical (unpaired) electrons. The average molecular weight is 531 g/mol. The second kappa shape index (κ2) is 10.2. The lowest BCUT2D eigenvalue weighted by atomic mass is 9.91. The van der Waals surface area contributed by atoms with Crippen LogP contribution in [0.1, 0.15) is 51.2 Å². The first-order valence-electron chi connectivity index (χ1n) is 10.4. The molecule has 190 valence electrons. The smallest absolute Gasteiger partial charge is 0.339 e. The standard InChI is InChI=1S/C23H17ClF6N4O2/c1-2-34-17(10-13-9-15(19(24)33-20(13)34)21(36)32-7-6-31)18(35)11-16(23(28,29)30)12-4-3-5-14(8-12)22(25,26)27/h3-5,8-10,16H,2,7,11H2,1H3,(H,32,36). The Morgan fingerprint density at radius 1 is 1.17 bits per heavy atom. The minimum Gasteiger partial charge on any atom is -0.339 e. The van der Waals surface area contributed by atoms with Crippen LogP contribution >= 0.6 is 11.6 Å². The van der Waals surface area contributed by atoms with Crippen molar-refractivity contribution in [1.82, 2.24) is 14.9 Å². The van der Waals surface area contributed by atoms with E-state index in [4.69, 9.17) is 16.9 Å². The van der Waals surface area contributed by atoms with Gasteiger partial charge in [0.05, 0.1) is 28.8 Å². The molecule has 2 heterocycles. The van der Waals surface area contributed by atoms with Crippen molar-refractivity contribution in [2.24, 2.45) is 0 Å². The summed E-state index contributed by atoms with van der Waals surface area (Å²) in [5.74, 6) is -4.18. The van der Waals surface area contributed by atoms with Gasteiger partial charge in [0.25, 0.3) is 5.91 Å². The van der Waals surface area contributed by atoms with Crippen molar-refractivity contribution >= 4 is 34.3 Å². The van der Waals surface area contributed by atoms with Gasteiger partial charge in [-0.2, -0.15) is 31.6 Å². The first-order chi connectivity index (χ1) is 16.8. The third-order valence-corrected chi connectivity index (χ3v) is 5.69. The molecule has 0 spiro atoms. The average Bonchev–Trinajstić information content (AvgIpc) is 3.16. The van der Waals surface area contributed by atoms with E-state index in [0.29, 0.717) is 12.1 Å². The van der Waals surface area contributed by atoms with Crippen LogP contribution in [0.4, 0.5) is 26.3 Å². The van der Waals surface area contributed by atoms with Gasteiger partial charge in [-0.3, -0.25) is 9.59 Å². The summed E-state index contributed by atoms with van der Waals surface area (Å²) in [6.45, 7) is 1.41. The number of carbonyl (C=O) groups is 2. The van der Waals surface area contributed by atoms with Crippen LogP contribution in [0.2, 0.25) is 5.15 Å². The highest BCUT2D eigenvalue weighted by molar-refractivity contribution is 6.33. The molecule has 1 N–H and O–H groups in total. The number of aryl methyl sites for hydroxylation is 1. The zero-order valence-electron chi connectivity index (χ0n) is 18.5. The van der Waals surface area contributed by atoms with Crippen molar-refractivity contribution in [3.05, 3.63) is 63.9 Å². The monoisotopic (exact) mass is 530 g/mol. The van der Waals surface area contributed by atoms with Crippen molar-refractivity contribution < 1.29 is 35.9 Å². The Morgan fingerprint density at radius 2 is 1.86 bits per heavy atom. The number of amides is 1. The van der Waals surface area contributed by atoms with Crippen LogP contribution in [0, 0.1) is 11.3 Å². The van der Waals surface area contributed by atoms with Gasteiger partial charge in [0.15, 0.2) is 5.78 Å². The van der Waals surface area contributed by atoms with E-state index in [9.17, 15) is 35.9 Å². The van der Waals surface area contributed by atoms with Crippen molar-refractivity contribution in [2.75, 3.05) is 6.54 Å². The number of aromatic nitrogens is 2. The van der Waals surface area contributed by atoms with E-state index in [1.54, 1.807) is 13.0 Å². The summed E-state index contributed by atoms with van der Waals surface area (Å²) < 4.78 is 82.0. The minimum absolute atomic E-state index is 0.105. The van der Waals surface area contributed by atoms with Crippen LogP contribution in [0.15, 0.2) is 36.4 Å². The third kappa shape index (κ3) is 5.62. The highest BCUT2D eigenvalue weighted by Gasteiger charge is 2.43. The van der Waals surface area contributed by atoms with Crippen molar-refractivity contribution in [1.29, 1.82) is 5.26 Å². The largest absolute Gasteiger partial charge is 0.416 e. The van der Waals surface area contributed by atoms with E-state index in [2.05, 4.69) is 10.3 Å². The Hall–Kier alpha value is -3.59. The molecule has 36 heavy (non-hydrogen) atoms. The summed E-state index contributed by atoms with van der Waals surface area (Å²) in [6.07, 6.45) is -11.0. The lowest BCUT2D eigenvalue weighted by molar-refractivity contribution is -0.150. The minimum atomic E-state index is -5.00. The summed E-state index contributed by atoms with van der Waals surface area (Å²) in [4.78, 5) is 29.3. The van der Waals surface area contributed by atoms with Crippen molar-refractivity contribution in [3.8, 4) is 6.07 Å². The number of hydrogen-bond acceptors (Lipinski definition) is 4. The Bertz CT molecular complexity index is 1360. The molecule has 1 aromatic carbocycles. The van der Waals surface area contributed by atoms with Gasteiger partial charge >= 0.3 is 12.4 Å². The van der Waals surface area contributed by atoms with Crippen LogP contribution in [-0.4, -0.2) is 34.0 Å². The van der Waals surface area contributed by atoms with Crippen LogP contribution in [0.3, 0.4) is 0 Å². The fraction of sp³-hybridized carbons (Fsp3) is 0.304. The van der Waals surface area contributed by atoms with Gasteiger partial charge in [0, 0.05) is 18.4 Å². The molecule has 0 saturated heterocycles. The zero-order valence-corrected chi connectivity index (χ0v) is 19.2. The quantitative estimate of drug-likeness (QED) is 0.178. The number of benzene rings is 1. The topological polar surface area (TPSA) is 87.8 Å². The van der Waals surface area contributed by atoms with Crippen molar-refractivity contribution in [3.63, 3.8) is 0 Å². The number of alkyl halides is 6. The number of carbonyl (C=O) groups excluding carboxylic acids is 2. The van der Waals surface area contributed by atoms with Gasteiger partial charge in [0.1, 0.15) is 17.3 Å². The maximum atomic E-state index is 13.9. The first kappa shape index (κ1) is 27.0. The fourth-order valence-electron chi connectivity index (χ4n) is 3.73. The maximum absolute atomic E-state index is 13.9. The second-order valence-electron chi connectivity index (χ2n) is 7.70. The number of halogens is 7. The zero-order chi connectivity index (χ0) is 26.8. The summed E-state index contributed by atoms with van der Waals surface area (Å²) in [5, 5.41) is 10.9. The Kier molecular flexibility index (Phi) is 7.64. The number of pyridine rings is 1. The van der Waals surface area contributed by atoms with Crippen LogP contribution in [-0.2, 0) is 12.7 Å². The molecule has 6 nitrogen and oxygen atoms in total. The molecule has 0 aliphatic rings. The van der Waals surface area contributed by atoms with Gasteiger partial charge in [-0.15, -0.1) is 0 Å². The Morgan fingerprint density at radius 3 is 2.44 bits per heavy atom. The predicted molar refractivity (Wildman–Crippen MR) is 118 cm³/mol. The van der Waals surface area contributed by atoms with E-state index in [0.717, 1.165) is 12.1 Å². The van der Waals surface area contributed by atoms with E-state index in [1.165, 1.54) is 16.7 Å². The fourth-order valence-corrected chi connectivity index (χ4v) is 3.95. The second-order valence-corrected chi connectivity index (χ2v) is 8.06. The molecule has 0 fully saturated rings. The number of nitrogens with one attached hydrogen (secondary N) is 1. The molecule has 0 aliphatic heterocycles. The molecule has 1 unspecified atom stereocenters. The molecular weight excluding hydrogens is 514 g/mol. The van der Waals surface area contributed by atoms with Crippen LogP contribution in [0.5, 0.6) is 0 Å². The normalized spacial score (nSPS) is 12.9. The number of nitriles is 1. The van der Waals surface area contributed by atoms with E-state index >= 15 is 0 Å². The maximum Gasteiger partial charge on any atom is 0.416 e. The van der Waals surface area contributed by atoms with E-state index in [-0.39, 0.29) is 40.5 Å². The number of fused-ring (bicyclic) bond motifs is 1. The van der Waals surface area contributed by atoms with Gasteiger partial charge in [-0.1, -0.05) is 29.8 Å². The molecule has 0 aliphatic carbocycles. The lowest BCUT2D eigenvalue weighted by Crippen LogP contribution is -2.25. The first-order valence-corrected chi connectivity index (χ1v) is 10.8. The number of ketones is 1. The molecule has 3 aromatic rings. The van der Waals surface area contributed by atoms with Crippen LogP contribution < -0.4 is 5.32 Å². The van der Waals surface area contributed by atoms with Crippen molar-refractivity contribution in [2.45, 2.75) is 38.2 Å². The van der Waals surface area contributed by atoms with Gasteiger partial charge in [0.2, 0.25) is 0 Å². The summed E-state index contributed by atoms with van der Waals surface area (Å²) in [6, 6.07) is 7.02. The SMILES string of the molecule is CCn1c(C(=O)CC(c2cccc(C(F)(F)F)c2)C(F)(F)F)cc2cc(C(=O)NCC#N)c(Cl)nc21. The van der Waals surface area contributed by atoms with E-state index in [1.807, 2.05) is 0 Å². The highest BCUT2D eigenvalue weighted by atomic mass is 35.5. The van der Waals surface area contributed by atoms with E-state index < -0.39 is 47.5 Å². The summed E-state index contributed by atoms with van der Waals surface area (Å²) in [5.41, 5.74) is -2.10. The molecule has 1 atom stereocenters. The molecule has 13 heteroatoms. The Labute approximate surface area is 205 Å². The Balaban J connectivity index is 2.03. The number of nitrogens with zero attached hydrogens (tertiary/aromatic N) is 3. The molecular formula is C23H17ClF6N4O2.